The lowest BCUT2D eigenvalue weighted by molar-refractivity contribution is 0.0928. The van der Waals surface area contributed by atoms with E-state index in [9.17, 15) is 4.79 Å². The van der Waals surface area contributed by atoms with E-state index in [0.717, 1.165) is 43.0 Å². The standard InChI is InChI=1S/C17H22N4O.ClH/c1-12-16(17(22)19-14-8-10-18-11-9-14)13(2)21(20-12)15-6-4-3-5-7-15;/h3-7,14,18H,8-11H2,1-2H3,(H,19,22);1H. The fraction of sp³-hybridized carbons (Fsp3) is 0.412. The van der Waals surface area contributed by atoms with E-state index in [2.05, 4.69) is 15.7 Å². The number of aromatic nitrogens is 2. The maximum Gasteiger partial charge on any atom is 0.255 e. The van der Waals surface area contributed by atoms with Crippen LogP contribution in [-0.2, 0) is 0 Å². The predicted octanol–water partition coefficient (Wildman–Crippen LogP) is 2.39. The normalized spacial score (nSPS) is 15.0. The Labute approximate surface area is 142 Å². The third kappa shape index (κ3) is 3.74. The van der Waals surface area contributed by atoms with Crippen LogP contribution in [0.2, 0.25) is 0 Å². The van der Waals surface area contributed by atoms with Crippen LogP contribution in [-0.4, -0.2) is 34.8 Å². The van der Waals surface area contributed by atoms with Crippen molar-refractivity contribution in [2.24, 2.45) is 0 Å². The van der Waals surface area contributed by atoms with E-state index < -0.39 is 0 Å². The van der Waals surface area contributed by atoms with Crippen LogP contribution in [0.4, 0.5) is 0 Å². The van der Waals surface area contributed by atoms with Gasteiger partial charge in [-0.05, 0) is 51.9 Å². The highest BCUT2D eigenvalue weighted by Crippen LogP contribution is 2.18. The first-order chi connectivity index (χ1) is 10.7. The van der Waals surface area contributed by atoms with Crippen molar-refractivity contribution in [2.75, 3.05) is 13.1 Å². The minimum absolute atomic E-state index is 0. The first-order valence-electron chi connectivity index (χ1n) is 7.80. The average molecular weight is 335 g/mol. The number of nitrogens with one attached hydrogen (secondary N) is 2. The SMILES string of the molecule is Cc1nn(-c2ccccc2)c(C)c1C(=O)NC1CCNCC1.Cl. The summed E-state index contributed by atoms with van der Waals surface area (Å²) in [6, 6.07) is 10.2. The van der Waals surface area contributed by atoms with Gasteiger partial charge in [0.1, 0.15) is 0 Å². The average Bonchev–Trinajstić information content (AvgIpc) is 2.84. The number of hydrogen-bond donors (Lipinski definition) is 2. The summed E-state index contributed by atoms with van der Waals surface area (Å²) in [7, 11) is 0. The molecule has 2 N–H and O–H groups in total. The summed E-state index contributed by atoms with van der Waals surface area (Å²) in [6.45, 7) is 5.77. The van der Waals surface area contributed by atoms with E-state index in [1.165, 1.54) is 0 Å². The van der Waals surface area contributed by atoms with Crippen LogP contribution in [0, 0.1) is 13.8 Å². The Morgan fingerprint density at radius 2 is 1.87 bits per heavy atom. The highest BCUT2D eigenvalue weighted by atomic mass is 35.5. The molecule has 0 atom stereocenters. The summed E-state index contributed by atoms with van der Waals surface area (Å²) in [5.41, 5.74) is 3.33. The number of carbonyl (C=O) groups is 1. The predicted molar refractivity (Wildman–Crippen MR) is 93.6 cm³/mol. The fourth-order valence-electron chi connectivity index (χ4n) is 3.02. The van der Waals surface area contributed by atoms with Gasteiger partial charge in [-0.2, -0.15) is 5.10 Å². The van der Waals surface area contributed by atoms with Gasteiger partial charge in [-0.3, -0.25) is 4.79 Å². The van der Waals surface area contributed by atoms with Crippen molar-refractivity contribution in [2.45, 2.75) is 32.7 Å². The number of aryl methyl sites for hydroxylation is 1. The summed E-state index contributed by atoms with van der Waals surface area (Å²) >= 11 is 0. The molecule has 2 heterocycles. The molecule has 0 bridgehead atoms. The molecular weight excluding hydrogens is 312 g/mol. The molecule has 0 radical (unpaired) electrons. The number of rotatable bonds is 3. The number of carbonyl (C=O) groups excluding carboxylic acids is 1. The van der Waals surface area contributed by atoms with E-state index >= 15 is 0 Å². The Morgan fingerprint density at radius 3 is 2.52 bits per heavy atom. The number of piperidine rings is 1. The van der Waals surface area contributed by atoms with Crippen LogP contribution in [0.3, 0.4) is 0 Å². The van der Waals surface area contributed by atoms with Gasteiger partial charge in [0, 0.05) is 6.04 Å². The van der Waals surface area contributed by atoms with Gasteiger partial charge in [-0.15, -0.1) is 12.4 Å². The van der Waals surface area contributed by atoms with Gasteiger partial charge in [0.15, 0.2) is 0 Å². The molecule has 1 amide bonds. The van der Waals surface area contributed by atoms with Crippen LogP contribution in [0.1, 0.15) is 34.6 Å². The minimum atomic E-state index is -0.0101. The van der Waals surface area contributed by atoms with Gasteiger partial charge >= 0.3 is 0 Å². The fourth-order valence-corrected chi connectivity index (χ4v) is 3.02. The highest BCUT2D eigenvalue weighted by molar-refractivity contribution is 5.96. The quantitative estimate of drug-likeness (QED) is 0.906. The Hall–Kier alpha value is -1.85. The van der Waals surface area contributed by atoms with E-state index in [-0.39, 0.29) is 24.4 Å². The number of amides is 1. The molecule has 0 spiro atoms. The molecule has 5 nitrogen and oxygen atoms in total. The van der Waals surface area contributed by atoms with Crippen molar-refractivity contribution in [3.8, 4) is 5.69 Å². The van der Waals surface area contributed by atoms with Crippen LogP contribution in [0.25, 0.3) is 5.69 Å². The van der Waals surface area contributed by atoms with Crippen LogP contribution < -0.4 is 10.6 Å². The zero-order chi connectivity index (χ0) is 15.5. The molecule has 0 unspecified atom stereocenters. The molecule has 23 heavy (non-hydrogen) atoms. The highest BCUT2D eigenvalue weighted by Gasteiger charge is 2.22. The third-order valence-electron chi connectivity index (χ3n) is 4.19. The molecule has 3 rings (SSSR count). The summed E-state index contributed by atoms with van der Waals surface area (Å²) in [5, 5.41) is 11.0. The molecule has 6 heteroatoms. The van der Waals surface area contributed by atoms with Crippen molar-refractivity contribution in [1.82, 2.24) is 20.4 Å². The molecule has 1 aromatic heterocycles. The molecule has 1 aliphatic rings. The number of hydrogen-bond acceptors (Lipinski definition) is 3. The van der Waals surface area contributed by atoms with Gasteiger partial charge in [0.05, 0.1) is 22.6 Å². The second kappa shape index (κ2) is 7.62. The zero-order valence-electron chi connectivity index (χ0n) is 13.5. The van der Waals surface area contributed by atoms with E-state index in [0.29, 0.717) is 5.56 Å². The lowest BCUT2D eigenvalue weighted by atomic mass is 10.1. The van der Waals surface area contributed by atoms with E-state index in [4.69, 9.17) is 0 Å². The summed E-state index contributed by atoms with van der Waals surface area (Å²) in [4.78, 5) is 12.6. The molecule has 124 valence electrons. The Kier molecular flexibility index (Phi) is 5.80. The molecule has 2 aromatic rings. The Bertz CT molecular complexity index is 663. The van der Waals surface area contributed by atoms with Crippen LogP contribution >= 0.6 is 12.4 Å². The summed E-state index contributed by atoms with van der Waals surface area (Å²) in [6.07, 6.45) is 1.97. The van der Waals surface area contributed by atoms with Crippen molar-refractivity contribution in [3.05, 3.63) is 47.3 Å². The smallest absolute Gasteiger partial charge is 0.255 e. The lowest BCUT2D eigenvalue weighted by Gasteiger charge is -2.23. The zero-order valence-corrected chi connectivity index (χ0v) is 14.3. The third-order valence-corrected chi connectivity index (χ3v) is 4.19. The first-order valence-corrected chi connectivity index (χ1v) is 7.80. The topological polar surface area (TPSA) is 59.0 Å². The van der Waals surface area contributed by atoms with Gasteiger partial charge < -0.3 is 10.6 Å². The maximum absolute atomic E-state index is 12.6. The maximum atomic E-state index is 12.6. The van der Waals surface area contributed by atoms with Crippen molar-refractivity contribution in [1.29, 1.82) is 0 Å². The number of nitrogens with zero attached hydrogens (tertiary/aromatic N) is 2. The van der Waals surface area contributed by atoms with Gasteiger partial charge in [0.25, 0.3) is 5.91 Å². The van der Waals surface area contributed by atoms with Crippen molar-refractivity contribution < 1.29 is 4.79 Å². The van der Waals surface area contributed by atoms with Crippen LogP contribution in [0.5, 0.6) is 0 Å². The first kappa shape index (κ1) is 17.5. The number of para-hydroxylation sites is 1. The molecule has 1 fully saturated rings. The van der Waals surface area contributed by atoms with Crippen LogP contribution in [0.15, 0.2) is 30.3 Å². The Balaban J connectivity index is 0.00000192. The van der Waals surface area contributed by atoms with Gasteiger partial charge in [-0.1, -0.05) is 18.2 Å². The van der Waals surface area contributed by atoms with Gasteiger partial charge in [0.2, 0.25) is 0 Å². The van der Waals surface area contributed by atoms with E-state index in [1.807, 2.05) is 48.9 Å². The second-order valence-electron chi connectivity index (χ2n) is 5.79. The van der Waals surface area contributed by atoms with Crippen molar-refractivity contribution >= 4 is 18.3 Å². The molecule has 0 aliphatic carbocycles. The van der Waals surface area contributed by atoms with Gasteiger partial charge in [-0.25, -0.2) is 4.68 Å². The second-order valence-corrected chi connectivity index (χ2v) is 5.79. The Morgan fingerprint density at radius 1 is 1.22 bits per heavy atom. The molecule has 0 saturated carbocycles. The number of benzene rings is 1. The van der Waals surface area contributed by atoms with Crippen molar-refractivity contribution in [3.63, 3.8) is 0 Å². The number of halogens is 1. The summed E-state index contributed by atoms with van der Waals surface area (Å²) in [5.74, 6) is -0.0101. The molecule has 1 aromatic carbocycles. The largest absolute Gasteiger partial charge is 0.349 e. The lowest BCUT2D eigenvalue weighted by Crippen LogP contribution is -2.43. The monoisotopic (exact) mass is 334 g/mol. The minimum Gasteiger partial charge on any atom is -0.349 e. The molecular formula is C17H23ClN4O. The molecule has 1 aliphatic heterocycles. The van der Waals surface area contributed by atoms with E-state index in [1.54, 1.807) is 0 Å². The summed E-state index contributed by atoms with van der Waals surface area (Å²) < 4.78 is 1.84. The molecule has 1 saturated heterocycles.